The lowest BCUT2D eigenvalue weighted by Crippen LogP contribution is -2.40. The predicted octanol–water partition coefficient (Wildman–Crippen LogP) is 2.91. The predicted molar refractivity (Wildman–Crippen MR) is 94.4 cm³/mol. The fourth-order valence-corrected chi connectivity index (χ4v) is 1.89. The van der Waals surface area contributed by atoms with Crippen LogP contribution in [0.25, 0.3) is 0 Å². The normalized spacial score (nSPS) is 20.9. The molecule has 0 aromatic heterocycles. The van der Waals surface area contributed by atoms with E-state index in [1.165, 1.54) is 6.42 Å². The Bertz CT molecular complexity index is 439. The molecule has 0 spiro atoms. The molecule has 2 unspecified atom stereocenters. The van der Waals surface area contributed by atoms with Crippen LogP contribution >= 0.6 is 35.6 Å². The van der Waals surface area contributed by atoms with Crippen LogP contribution in [0.2, 0.25) is 5.02 Å². The lowest BCUT2D eigenvalue weighted by atomic mass is 10.3. The second-order valence-corrected chi connectivity index (χ2v) is 5.20. The standard InChI is InChI=1S/C14H20ClN3O.HI/c1-10-9-13(10)18-14(16-2)17-7-8-19-12-5-3-11(15)4-6-12;/h3-6,10,13H,7-9H2,1-2H3,(H2,16,17,18);1H. The molecule has 20 heavy (non-hydrogen) atoms. The number of guanidine groups is 1. The summed E-state index contributed by atoms with van der Waals surface area (Å²) < 4.78 is 5.59. The fraction of sp³-hybridized carbons (Fsp3) is 0.500. The summed E-state index contributed by atoms with van der Waals surface area (Å²) in [5.74, 6) is 2.42. The molecule has 112 valence electrons. The highest BCUT2D eigenvalue weighted by Crippen LogP contribution is 2.28. The van der Waals surface area contributed by atoms with Crippen LogP contribution in [0.5, 0.6) is 5.75 Å². The number of halogens is 2. The molecular formula is C14H21ClIN3O. The van der Waals surface area contributed by atoms with Gasteiger partial charge < -0.3 is 15.4 Å². The van der Waals surface area contributed by atoms with Gasteiger partial charge in [-0.1, -0.05) is 18.5 Å². The Morgan fingerprint density at radius 3 is 2.60 bits per heavy atom. The van der Waals surface area contributed by atoms with Gasteiger partial charge in [-0.3, -0.25) is 4.99 Å². The Morgan fingerprint density at radius 1 is 1.40 bits per heavy atom. The lowest BCUT2D eigenvalue weighted by Gasteiger charge is -2.12. The van der Waals surface area contributed by atoms with Gasteiger partial charge in [-0.2, -0.15) is 0 Å². The molecule has 4 nitrogen and oxygen atoms in total. The molecular weight excluding hydrogens is 389 g/mol. The number of rotatable bonds is 5. The Balaban J connectivity index is 0.00000200. The van der Waals surface area contributed by atoms with Crippen molar-refractivity contribution < 1.29 is 4.74 Å². The van der Waals surface area contributed by atoms with Gasteiger partial charge in [-0.15, -0.1) is 24.0 Å². The van der Waals surface area contributed by atoms with Gasteiger partial charge in [0, 0.05) is 18.1 Å². The summed E-state index contributed by atoms with van der Waals surface area (Å²) >= 11 is 5.81. The molecule has 1 aliphatic carbocycles. The van der Waals surface area contributed by atoms with Gasteiger partial charge in [0.05, 0.1) is 6.54 Å². The Labute approximate surface area is 142 Å². The molecule has 1 aliphatic rings. The van der Waals surface area contributed by atoms with Gasteiger partial charge in [0.1, 0.15) is 12.4 Å². The minimum absolute atomic E-state index is 0. The zero-order valence-electron chi connectivity index (χ0n) is 11.7. The van der Waals surface area contributed by atoms with E-state index in [0.717, 1.165) is 17.6 Å². The third-order valence-corrected chi connectivity index (χ3v) is 3.38. The molecule has 1 aromatic carbocycles. The van der Waals surface area contributed by atoms with E-state index in [1.54, 1.807) is 7.05 Å². The number of hydrogen-bond donors (Lipinski definition) is 2. The van der Waals surface area contributed by atoms with E-state index in [9.17, 15) is 0 Å². The molecule has 2 atom stereocenters. The summed E-state index contributed by atoms with van der Waals surface area (Å²) in [5.41, 5.74) is 0. The Hall–Kier alpha value is -0.690. The molecule has 6 heteroatoms. The van der Waals surface area contributed by atoms with Gasteiger partial charge >= 0.3 is 0 Å². The van der Waals surface area contributed by atoms with Crippen molar-refractivity contribution in [1.82, 2.24) is 10.6 Å². The Morgan fingerprint density at radius 2 is 2.05 bits per heavy atom. The summed E-state index contributed by atoms with van der Waals surface area (Å²) in [5, 5.41) is 7.31. The van der Waals surface area contributed by atoms with Crippen molar-refractivity contribution in [1.29, 1.82) is 0 Å². The van der Waals surface area contributed by atoms with Crippen LogP contribution in [-0.2, 0) is 0 Å². The second-order valence-electron chi connectivity index (χ2n) is 4.77. The van der Waals surface area contributed by atoms with Crippen LogP contribution < -0.4 is 15.4 Å². The number of nitrogens with one attached hydrogen (secondary N) is 2. The molecule has 0 bridgehead atoms. The SMILES string of the molecule is CN=C(NCCOc1ccc(Cl)cc1)NC1CC1C.I. The topological polar surface area (TPSA) is 45.7 Å². The molecule has 0 saturated heterocycles. The van der Waals surface area contributed by atoms with Crippen molar-refractivity contribution in [3.8, 4) is 5.75 Å². The number of hydrogen-bond acceptors (Lipinski definition) is 2. The summed E-state index contributed by atoms with van der Waals surface area (Å²) in [4.78, 5) is 4.18. The molecule has 1 fully saturated rings. The highest BCUT2D eigenvalue weighted by atomic mass is 127. The first-order valence-corrected chi connectivity index (χ1v) is 6.92. The van der Waals surface area contributed by atoms with Crippen LogP contribution in [0.15, 0.2) is 29.3 Å². The first kappa shape index (κ1) is 17.4. The van der Waals surface area contributed by atoms with Gasteiger partial charge in [0.2, 0.25) is 0 Å². The number of aliphatic imine (C=N–C) groups is 1. The summed E-state index contributed by atoms with van der Waals surface area (Å²) in [7, 11) is 1.78. The van der Waals surface area contributed by atoms with Crippen LogP contribution in [0, 0.1) is 5.92 Å². The fourth-order valence-electron chi connectivity index (χ4n) is 1.76. The summed E-state index contributed by atoms with van der Waals surface area (Å²) in [6.07, 6.45) is 1.22. The maximum Gasteiger partial charge on any atom is 0.191 e. The van der Waals surface area contributed by atoms with E-state index in [1.807, 2.05) is 24.3 Å². The summed E-state index contributed by atoms with van der Waals surface area (Å²) in [6.45, 7) is 3.53. The molecule has 0 aliphatic heterocycles. The van der Waals surface area contributed by atoms with Crippen molar-refractivity contribution in [2.75, 3.05) is 20.2 Å². The first-order valence-electron chi connectivity index (χ1n) is 6.54. The molecule has 2 N–H and O–H groups in total. The van der Waals surface area contributed by atoms with Crippen molar-refractivity contribution in [3.05, 3.63) is 29.3 Å². The van der Waals surface area contributed by atoms with Gasteiger partial charge in [0.25, 0.3) is 0 Å². The van der Waals surface area contributed by atoms with E-state index in [0.29, 0.717) is 24.2 Å². The van der Waals surface area contributed by atoms with Crippen LogP contribution in [0.4, 0.5) is 0 Å². The first-order chi connectivity index (χ1) is 9.19. The second kappa shape index (κ2) is 8.56. The number of nitrogens with zero attached hydrogens (tertiary/aromatic N) is 1. The molecule has 0 radical (unpaired) electrons. The third-order valence-electron chi connectivity index (χ3n) is 3.13. The molecule has 1 saturated carbocycles. The highest BCUT2D eigenvalue weighted by molar-refractivity contribution is 14.0. The zero-order chi connectivity index (χ0) is 13.7. The average molecular weight is 410 g/mol. The van der Waals surface area contributed by atoms with Crippen LogP contribution in [0.3, 0.4) is 0 Å². The van der Waals surface area contributed by atoms with Gasteiger partial charge in [-0.25, -0.2) is 0 Å². The van der Waals surface area contributed by atoms with Crippen molar-refractivity contribution >= 4 is 41.5 Å². The van der Waals surface area contributed by atoms with Crippen LogP contribution in [0.1, 0.15) is 13.3 Å². The highest BCUT2D eigenvalue weighted by Gasteiger charge is 2.33. The van der Waals surface area contributed by atoms with Gasteiger partial charge in [0.15, 0.2) is 5.96 Å². The van der Waals surface area contributed by atoms with E-state index < -0.39 is 0 Å². The monoisotopic (exact) mass is 409 g/mol. The smallest absolute Gasteiger partial charge is 0.191 e. The van der Waals surface area contributed by atoms with E-state index in [-0.39, 0.29) is 24.0 Å². The summed E-state index contributed by atoms with van der Waals surface area (Å²) in [6, 6.07) is 7.93. The largest absolute Gasteiger partial charge is 0.492 e. The Kier molecular flexibility index (Phi) is 7.43. The molecule has 0 amide bonds. The third kappa shape index (κ3) is 5.75. The van der Waals surface area contributed by atoms with E-state index >= 15 is 0 Å². The number of ether oxygens (including phenoxy) is 1. The average Bonchev–Trinajstić information content (AvgIpc) is 3.11. The number of benzene rings is 1. The zero-order valence-corrected chi connectivity index (χ0v) is 14.8. The molecule has 2 rings (SSSR count). The lowest BCUT2D eigenvalue weighted by molar-refractivity contribution is 0.322. The molecule has 0 heterocycles. The minimum atomic E-state index is 0. The van der Waals surface area contributed by atoms with E-state index in [4.69, 9.17) is 16.3 Å². The van der Waals surface area contributed by atoms with Crippen molar-refractivity contribution in [2.45, 2.75) is 19.4 Å². The maximum absolute atomic E-state index is 5.81. The minimum Gasteiger partial charge on any atom is -0.492 e. The van der Waals surface area contributed by atoms with Crippen molar-refractivity contribution in [2.24, 2.45) is 10.9 Å². The quantitative estimate of drug-likeness (QED) is 0.340. The van der Waals surface area contributed by atoms with Crippen LogP contribution in [-0.4, -0.2) is 32.2 Å². The van der Waals surface area contributed by atoms with E-state index in [2.05, 4.69) is 22.5 Å². The van der Waals surface area contributed by atoms with Crippen molar-refractivity contribution in [3.63, 3.8) is 0 Å². The van der Waals surface area contributed by atoms with Gasteiger partial charge in [-0.05, 0) is 36.6 Å². The maximum atomic E-state index is 5.81. The molecule has 1 aromatic rings.